The Kier molecular flexibility index (Phi) is 5.38. The molecular weight excluding hydrogens is 317 g/mol. The zero-order valence-electron chi connectivity index (χ0n) is 12.5. The summed E-state index contributed by atoms with van der Waals surface area (Å²) in [6, 6.07) is 15.2. The molecule has 0 spiro atoms. The number of carbonyl (C=O) groups excluding carboxylic acids is 1. The molecule has 0 atom stereocenters. The molecule has 0 heterocycles. The lowest BCUT2D eigenvalue weighted by atomic mass is 10.1. The molecular formula is C18H13F3N2O. The van der Waals surface area contributed by atoms with Gasteiger partial charge in [0.15, 0.2) is 0 Å². The van der Waals surface area contributed by atoms with E-state index in [4.69, 9.17) is 5.26 Å². The van der Waals surface area contributed by atoms with Crippen LogP contribution in [-0.2, 0) is 17.5 Å². The second-order valence-electron chi connectivity index (χ2n) is 4.96. The summed E-state index contributed by atoms with van der Waals surface area (Å²) in [4.78, 5) is 12.0. The number of rotatable bonds is 4. The van der Waals surface area contributed by atoms with E-state index in [1.807, 2.05) is 30.3 Å². The van der Waals surface area contributed by atoms with Crippen LogP contribution in [0.1, 0.15) is 16.7 Å². The van der Waals surface area contributed by atoms with Gasteiger partial charge in [-0.25, -0.2) is 0 Å². The quantitative estimate of drug-likeness (QED) is 0.682. The van der Waals surface area contributed by atoms with E-state index < -0.39 is 17.6 Å². The van der Waals surface area contributed by atoms with E-state index in [0.29, 0.717) is 0 Å². The summed E-state index contributed by atoms with van der Waals surface area (Å²) in [5.41, 5.74) is -0.109. The monoisotopic (exact) mass is 330 g/mol. The first kappa shape index (κ1) is 17.3. The fraction of sp³-hybridized carbons (Fsp3) is 0.111. The number of hydrogen-bond donors (Lipinski definition) is 1. The Hall–Kier alpha value is -3.07. The van der Waals surface area contributed by atoms with Gasteiger partial charge in [-0.15, -0.1) is 0 Å². The average Bonchev–Trinajstić information content (AvgIpc) is 2.58. The van der Waals surface area contributed by atoms with Gasteiger partial charge in [0.25, 0.3) is 5.91 Å². The van der Waals surface area contributed by atoms with E-state index in [2.05, 4.69) is 5.32 Å². The van der Waals surface area contributed by atoms with Crippen molar-refractivity contribution in [1.82, 2.24) is 5.32 Å². The van der Waals surface area contributed by atoms with E-state index in [0.717, 1.165) is 23.8 Å². The third-order valence-electron chi connectivity index (χ3n) is 3.19. The molecule has 0 aromatic heterocycles. The summed E-state index contributed by atoms with van der Waals surface area (Å²) >= 11 is 0. The Bertz CT molecular complexity index is 790. The summed E-state index contributed by atoms with van der Waals surface area (Å²) in [6.07, 6.45) is -3.35. The standard InChI is InChI=1S/C18H13F3N2O/c19-18(20,21)16-8-4-7-14(10-16)9-15(11-22)17(24)23-12-13-5-2-1-3-6-13/h1-10H,12H2,(H,23,24). The summed E-state index contributed by atoms with van der Waals surface area (Å²) in [6.45, 7) is 0.223. The maximum Gasteiger partial charge on any atom is 0.416 e. The molecule has 122 valence electrons. The van der Waals surface area contributed by atoms with Crippen molar-refractivity contribution in [2.45, 2.75) is 12.7 Å². The second kappa shape index (κ2) is 7.47. The highest BCUT2D eigenvalue weighted by Gasteiger charge is 2.30. The van der Waals surface area contributed by atoms with E-state index >= 15 is 0 Å². The molecule has 0 saturated carbocycles. The summed E-state index contributed by atoms with van der Waals surface area (Å²) in [7, 11) is 0. The van der Waals surface area contributed by atoms with Crippen molar-refractivity contribution in [3.63, 3.8) is 0 Å². The van der Waals surface area contributed by atoms with Crippen molar-refractivity contribution in [3.05, 3.63) is 76.9 Å². The lowest BCUT2D eigenvalue weighted by Crippen LogP contribution is -2.23. The van der Waals surface area contributed by atoms with E-state index in [1.54, 1.807) is 6.07 Å². The predicted molar refractivity (Wildman–Crippen MR) is 83.3 cm³/mol. The number of amides is 1. The number of benzene rings is 2. The second-order valence-corrected chi connectivity index (χ2v) is 4.96. The largest absolute Gasteiger partial charge is 0.416 e. The molecule has 1 amide bonds. The number of halogens is 3. The minimum absolute atomic E-state index is 0.135. The van der Waals surface area contributed by atoms with E-state index in [9.17, 15) is 18.0 Å². The fourth-order valence-electron chi connectivity index (χ4n) is 1.99. The van der Waals surface area contributed by atoms with Gasteiger partial charge in [-0.2, -0.15) is 18.4 Å². The van der Waals surface area contributed by atoms with Crippen molar-refractivity contribution in [3.8, 4) is 6.07 Å². The van der Waals surface area contributed by atoms with Gasteiger partial charge in [0.1, 0.15) is 11.6 Å². The third kappa shape index (κ3) is 4.71. The molecule has 0 bridgehead atoms. The van der Waals surface area contributed by atoms with Crippen molar-refractivity contribution >= 4 is 12.0 Å². The zero-order valence-corrected chi connectivity index (χ0v) is 12.5. The van der Waals surface area contributed by atoms with E-state index in [-0.39, 0.29) is 17.7 Å². The molecule has 0 aliphatic rings. The predicted octanol–water partition coefficient (Wildman–Crippen LogP) is 3.93. The molecule has 0 fully saturated rings. The maximum atomic E-state index is 12.7. The van der Waals surface area contributed by atoms with Gasteiger partial charge in [0.05, 0.1) is 5.56 Å². The molecule has 6 heteroatoms. The molecule has 0 aliphatic carbocycles. The van der Waals surface area contributed by atoms with Crippen LogP contribution >= 0.6 is 0 Å². The smallest absolute Gasteiger partial charge is 0.347 e. The van der Waals surface area contributed by atoms with Gasteiger partial charge in [0, 0.05) is 6.54 Å². The van der Waals surface area contributed by atoms with Crippen LogP contribution < -0.4 is 5.32 Å². The van der Waals surface area contributed by atoms with Crippen molar-refractivity contribution in [2.24, 2.45) is 0 Å². The fourth-order valence-corrected chi connectivity index (χ4v) is 1.99. The molecule has 0 aliphatic heterocycles. The van der Waals surface area contributed by atoms with Crippen LogP contribution in [0.15, 0.2) is 60.2 Å². The number of carbonyl (C=O) groups is 1. The highest BCUT2D eigenvalue weighted by atomic mass is 19.4. The van der Waals surface area contributed by atoms with Crippen LogP contribution in [-0.4, -0.2) is 5.91 Å². The van der Waals surface area contributed by atoms with Crippen LogP contribution in [0, 0.1) is 11.3 Å². The third-order valence-corrected chi connectivity index (χ3v) is 3.19. The van der Waals surface area contributed by atoms with Gasteiger partial charge >= 0.3 is 6.18 Å². The molecule has 1 N–H and O–H groups in total. The molecule has 2 rings (SSSR count). The summed E-state index contributed by atoms with van der Waals surface area (Å²) in [5, 5.41) is 11.6. The van der Waals surface area contributed by atoms with Crippen molar-refractivity contribution < 1.29 is 18.0 Å². The Balaban J connectivity index is 2.14. The molecule has 3 nitrogen and oxygen atoms in total. The lowest BCUT2D eigenvalue weighted by molar-refractivity contribution is -0.137. The minimum atomic E-state index is -4.48. The number of nitrogens with one attached hydrogen (secondary N) is 1. The van der Waals surface area contributed by atoms with Crippen LogP contribution in [0.2, 0.25) is 0 Å². The molecule has 0 unspecified atom stereocenters. The normalized spacial score (nSPS) is 11.7. The van der Waals surface area contributed by atoms with Gasteiger partial charge in [0.2, 0.25) is 0 Å². The first-order chi connectivity index (χ1) is 11.4. The van der Waals surface area contributed by atoms with Crippen molar-refractivity contribution in [2.75, 3.05) is 0 Å². The topological polar surface area (TPSA) is 52.9 Å². The Morgan fingerprint density at radius 3 is 2.46 bits per heavy atom. The van der Waals surface area contributed by atoms with E-state index in [1.165, 1.54) is 12.1 Å². The van der Waals surface area contributed by atoms with Gasteiger partial charge in [-0.3, -0.25) is 4.79 Å². The molecule has 0 saturated heterocycles. The number of hydrogen-bond acceptors (Lipinski definition) is 2. The summed E-state index contributed by atoms with van der Waals surface area (Å²) < 4.78 is 38.1. The molecule has 2 aromatic carbocycles. The first-order valence-electron chi connectivity index (χ1n) is 7.01. The lowest BCUT2D eigenvalue weighted by Gasteiger charge is -2.07. The Morgan fingerprint density at radius 2 is 1.83 bits per heavy atom. The molecule has 2 aromatic rings. The van der Waals surface area contributed by atoms with Crippen LogP contribution in [0.4, 0.5) is 13.2 Å². The van der Waals surface area contributed by atoms with Crippen LogP contribution in [0.25, 0.3) is 6.08 Å². The highest BCUT2D eigenvalue weighted by molar-refractivity contribution is 6.01. The number of alkyl halides is 3. The van der Waals surface area contributed by atoms with Crippen LogP contribution in [0.5, 0.6) is 0 Å². The Morgan fingerprint density at radius 1 is 1.12 bits per heavy atom. The highest BCUT2D eigenvalue weighted by Crippen LogP contribution is 2.29. The first-order valence-corrected chi connectivity index (χ1v) is 7.01. The minimum Gasteiger partial charge on any atom is -0.347 e. The average molecular weight is 330 g/mol. The summed E-state index contributed by atoms with van der Waals surface area (Å²) in [5.74, 6) is -0.640. The number of nitriles is 1. The molecule has 0 radical (unpaired) electrons. The zero-order chi connectivity index (χ0) is 17.6. The Labute approximate surface area is 137 Å². The van der Waals surface area contributed by atoms with Crippen molar-refractivity contribution in [1.29, 1.82) is 5.26 Å². The van der Waals surface area contributed by atoms with Crippen LogP contribution in [0.3, 0.4) is 0 Å². The maximum absolute atomic E-state index is 12.7. The van der Waals surface area contributed by atoms with Gasteiger partial charge in [-0.1, -0.05) is 42.5 Å². The SMILES string of the molecule is N#CC(=Cc1cccc(C(F)(F)F)c1)C(=O)NCc1ccccc1. The van der Waals surface area contributed by atoms with Gasteiger partial charge < -0.3 is 5.32 Å². The van der Waals surface area contributed by atoms with Gasteiger partial charge in [-0.05, 0) is 29.3 Å². The molecule has 24 heavy (non-hydrogen) atoms. The number of nitrogens with zero attached hydrogens (tertiary/aromatic N) is 1.